The molecule has 104 valence electrons. The molecule has 0 fully saturated rings. The van der Waals surface area contributed by atoms with Gasteiger partial charge in [-0.25, -0.2) is 4.79 Å². The van der Waals surface area contributed by atoms with Crippen LogP contribution in [0.5, 0.6) is 0 Å². The van der Waals surface area contributed by atoms with Crippen LogP contribution in [0.4, 0.5) is 0 Å². The van der Waals surface area contributed by atoms with Crippen LogP contribution in [-0.4, -0.2) is 32.5 Å². The Morgan fingerprint density at radius 1 is 1.26 bits per heavy atom. The van der Waals surface area contributed by atoms with Gasteiger partial charge in [-0.2, -0.15) is 0 Å². The van der Waals surface area contributed by atoms with Crippen LogP contribution in [-0.2, 0) is 20.9 Å². The molecule has 0 saturated heterocycles. The lowest BCUT2D eigenvalue weighted by atomic mass is 10.1. The van der Waals surface area contributed by atoms with E-state index >= 15 is 0 Å². The van der Waals surface area contributed by atoms with Gasteiger partial charge >= 0.3 is 5.97 Å². The maximum absolute atomic E-state index is 11.7. The van der Waals surface area contributed by atoms with Crippen molar-refractivity contribution in [2.24, 2.45) is 5.16 Å². The first-order chi connectivity index (χ1) is 9.21. The molecule has 0 radical (unpaired) electrons. The third kappa shape index (κ3) is 5.09. The number of hydrogen-bond donors (Lipinski definition) is 0. The minimum atomic E-state index is -0.355. The van der Waals surface area contributed by atoms with Crippen LogP contribution in [0.2, 0.25) is 0 Å². The van der Waals surface area contributed by atoms with Crippen molar-refractivity contribution in [2.45, 2.75) is 20.5 Å². The van der Waals surface area contributed by atoms with E-state index in [1.165, 1.54) is 0 Å². The Morgan fingerprint density at radius 3 is 2.68 bits per heavy atom. The highest BCUT2D eigenvalue weighted by Gasteiger charge is 2.09. The Balaban J connectivity index is 2.99. The number of carbonyl (C=O) groups is 1. The predicted molar refractivity (Wildman–Crippen MR) is 72.3 cm³/mol. The number of esters is 1. The van der Waals surface area contributed by atoms with E-state index in [1.54, 1.807) is 32.4 Å². The topological polar surface area (TPSA) is 57.1 Å². The molecule has 19 heavy (non-hydrogen) atoms. The maximum atomic E-state index is 11.7. The smallest absolute Gasteiger partial charge is 0.338 e. The summed E-state index contributed by atoms with van der Waals surface area (Å²) < 4.78 is 10.1. The van der Waals surface area contributed by atoms with Crippen molar-refractivity contribution >= 4 is 12.2 Å². The number of hydrogen-bond acceptors (Lipinski definition) is 5. The fourth-order valence-corrected chi connectivity index (χ4v) is 1.55. The van der Waals surface area contributed by atoms with E-state index in [0.29, 0.717) is 25.4 Å². The Labute approximate surface area is 113 Å². The molecule has 0 aliphatic rings. The van der Waals surface area contributed by atoms with Crippen molar-refractivity contribution in [1.82, 2.24) is 0 Å². The van der Waals surface area contributed by atoms with Crippen molar-refractivity contribution in [3.63, 3.8) is 0 Å². The van der Waals surface area contributed by atoms with E-state index in [-0.39, 0.29) is 5.97 Å². The van der Waals surface area contributed by atoms with Gasteiger partial charge in [-0.05, 0) is 43.2 Å². The number of ether oxygens (including phenoxy) is 2. The minimum Gasteiger partial charge on any atom is -0.462 e. The average molecular weight is 265 g/mol. The number of carbonyl (C=O) groups excluding carboxylic acids is 1. The molecule has 0 aromatic heterocycles. The first kappa shape index (κ1) is 15.2. The normalized spacial score (nSPS) is 10.7. The summed E-state index contributed by atoms with van der Waals surface area (Å²) >= 11 is 0. The zero-order valence-electron chi connectivity index (χ0n) is 11.5. The Kier molecular flexibility index (Phi) is 6.60. The van der Waals surface area contributed by atoms with Gasteiger partial charge in [0.1, 0.15) is 6.61 Å². The summed E-state index contributed by atoms with van der Waals surface area (Å²) in [5, 5.41) is 3.79. The number of benzene rings is 1. The molecule has 0 aliphatic carbocycles. The average Bonchev–Trinajstić information content (AvgIpc) is 2.39. The van der Waals surface area contributed by atoms with Crippen LogP contribution in [0, 0.1) is 0 Å². The highest BCUT2D eigenvalue weighted by molar-refractivity contribution is 5.92. The molecule has 0 saturated carbocycles. The van der Waals surface area contributed by atoms with Gasteiger partial charge in [0, 0.05) is 7.11 Å². The lowest BCUT2D eigenvalue weighted by molar-refractivity contribution is 0.0526. The van der Waals surface area contributed by atoms with Gasteiger partial charge in [0.25, 0.3) is 0 Å². The van der Waals surface area contributed by atoms with E-state index in [2.05, 4.69) is 5.16 Å². The third-order valence-corrected chi connectivity index (χ3v) is 2.24. The van der Waals surface area contributed by atoms with Crippen molar-refractivity contribution < 1.29 is 19.1 Å². The number of oxime groups is 1. The molecule has 1 aromatic carbocycles. The first-order valence-corrected chi connectivity index (χ1v) is 6.16. The Morgan fingerprint density at radius 2 is 2.05 bits per heavy atom. The summed E-state index contributed by atoms with van der Waals surface area (Å²) in [7, 11) is 1.60. The number of methoxy groups -OCH3 is 1. The number of rotatable bonds is 7. The molecule has 5 heteroatoms. The molecule has 0 aliphatic heterocycles. The highest BCUT2D eigenvalue weighted by atomic mass is 16.6. The Bertz CT molecular complexity index is 443. The zero-order valence-corrected chi connectivity index (χ0v) is 11.5. The minimum absolute atomic E-state index is 0.343. The summed E-state index contributed by atoms with van der Waals surface area (Å²) in [5.41, 5.74) is 2.13. The fourth-order valence-electron chi connectivity index (χ4n) is 1.55. The predicted octanol–water partition coefficient (Wildman–Crippen LogP) is 2.38. The molecular weight excluding hydrogens is 246 g/mol. The number of nitrogens with zero attached hydrogens (tertiary/aromatic N) is 1. The van der Waals surface area contributed by atoms with Crippen LogP contribution in [0.1, 0.15) is 35.3 Å². The van der Waals surface area contributed by atoms with Crippen molar-refractivity contribution in [1.29, 1.82) is 0 Å². The van der Waals surface area contributed by atoms with Crippen LogP contribution in [0.15, 0.2) is 23.4 Å². The van der Waals surface area contributed by atoms with Gasteiger partial charge in [0.2, 0.25) is 0 Å². The van der Waals surface area contributed by atoms with Gasteiger partial charge in [0.15, 0.2) is 0 Å². The Hall–Kier alpha value is -1.88. The second-order valence-corrected chi connectivity index (χ2v) is 3.77. The van der Waals surface area contributed by atoms with Crippen molar-refractivity contribution in [3.8, 4) is 0 Å². The van der Waals surface area contributed by atoms with Crippen LogP contribution in [0.3, 0.4) is 0 Å². The molecular formula is C14H19NO4. The standard InChI is InChI=1S/C14H19NO4/c1-4-18-14(16)13-7-11(9-15-19-5-2)6-12(8-13)10-17-3/h6-9H,4-5,10H2,1-3H3/b15-9-. The third-order valence-electron chi connectivity index (χ3n) is 2.24. The monoisotopic (exact) mass is 265 g/mol. The molecule has 0 spiro atoms. The summed E-state index contributed by atoms with van der Waals surface area (Å²) in [5.74, 6) is -0.355. The molecule has 1 rings (SSSR count). The summed E-state index contributed by atoms with van der Waals surface area (Å²) in [6.45, 7) is 4.88. The molecule has 1 aromatic rings. The second-order valence-electron chi connectivity index (χ2n) is 3.77. The maximum Gasteiger partial charge on any atom is 0.338 e. The lowest BCUT2D eigenvalue weighted by Gasteiger charge is -2.06. The highest BCUT2D eigenvalue weighted by Crippen LogP contribution is 2.12. The van der Waals surface area contributed by atoms with Gasteiger partial charge in [0.05, 0.1) is 25.0 Å². The molecule has 5 nitrogen and oxygen atoms in total. The fraction of sp³-hybridized carbons (Fsp3) is 0.429. The van der Waals surface area contributed by atoms with Crippen molar-refractivity contribution in [3.05, 3.63) is 34.9 Å². The van der Waals surface area contributed by atoms with Gasteiger partial charge in [-0.3, -0.25) is 0 Å². The molecule has 0 heterocycles. The largest absolute Gasteiger partial charge is 0.462 e. The van der Waals surface area contributed by atoms with Gasteiger partial charge in [-0.15, -0.1) is 0 Å². The molecule has 0 unspecified atom stereocenters. The van der Waals surface area contributed by atoms with E-state index in [1.807, 2.05) is 13.0 Å². The summed E-state index contributed by atoms with van der Waals surface area (Å²) in [6, 6.07) is 5.34. The van der Waals surface area contributed by atoms with E-state index in [4.69, 9.17) is 14.3 Å². The molecule has 0 atom stereocenters. The summed E-state index contributed by atoms with van der Waals surface area (Å²) in [4.78, 5) is 16.7. The molecule has 0 amide bonds. The quantitative estimate of drug-likeness (QED) is 0.431. The van der Waals surface area contributed by atoms with Crippen LogP contribution >= 0.6 is 0 Å². The van der Waals surface area contributed by atoms with Gasteiger partial charge < -0.3 is 14.3 Å². The van der Waals surface area contributed by atoms with Crippen LogP contribution in [0.25, 0.3) is 0 Å². The van der Waals surface area contributed by atoms with E-state index in [0.717, 1.165) is 11.1 Å². The van der Waals surface area contributed by atoms with Crippen LogP contribution < -0.4 is 0 Å². The first-order valence-electron chi connectivity index (χ1n) is 6.16. The summed E-state index contributed by atoms with van der Waals surface area (Å²) in [6.07, 6.45) is 1.56. The van der Waals surface area contributed by atoms with Crippen molar-refractivity contribution in [2.75, 3.05) is 20.3 Å². The molecule has 0 bridgehead atoms. The second kappa shape index (κ2) is 8.26. The zero-order chi connectivity index (χ0) is 14.1. The SMILES string of the molecule is CCO/N=C\c1cc(COC)cc(C(=O)OCC)c1. The van der Waals surface area contributed by atoms with Gasteiger partial charge in [-0.1, -0.05) is 5.16 Å². The molecule has 0 N–H and O–H groups in total. The van der Waals surface area contributed by atoms with E-state index in [9.17, 15) is 4.79 Å². The van der Waals surface area contributed by atoms with E-state index < -0.39 is 0 Å². The lowest BCUT2D eigenvalue weighted by Crippen LogP contribution is -2.06.